The van der Waals surface area contributed by atoms with Crippen molar-refractivity contribution in [3.05, 3.63) is 38.1 Å². The van der Waals surface area contributed by atoms with Gasteiger partial charge in [0.15, 0.2) is 0 Å². The van der Waals surface area contributed by atoms with Crippen molar-refractivity contribution in [2.45, 2.75) is 5.33 Å². The molecule has 13 heavy (non-hydrogen) atoms. The Morgan fingerprint density at radius 3 is 2.62 bits per heavy atom. The van der Waals surface area contributed by atoms with E-state index in [0.29, 0.717) is 5.56 Å². The Morgan fingerprint density at radius 1 is 1.54 bits per heavy atom. The molecule has 6 heteroatoms. The molecule has 0 saturated carbocycles. The summed E-state index contributed by atoms with van der Waals surface area (Å²) in [5, 5.41) is 10.7. The number of nitro benzene ring substituents is 1. The fourth-order valence-electron chi connectivity index (χ4n) is 0.855. The summed E-state index contributed by atoms with van der Waals surface area (Å²) in [5.41, 5.74) is 0.232. The summed E-state index contributed by atoms with van der Waals surface area (Å²) >= 11 is 5.93. The Kier molecular flexibility index (Phi) is 3.38. The van der Waals surface area contributed by atoms with E-state index >= 15 is 0 Å². The lowest BCUT2D eigenvalue weighted by Gasteiger charge is -2.00. The third-order valence-electron chi connectivity index (χ3n) is 1.46. The van der Waals surface area contributed by atoms with Gasteiger partial charge in [0.05, 0.1) is 9.40 Å². The van der Waals surface area contributed by atoms with Crippen molar-refractivity contribution in [3.8, 4) is 0 Å². The maximum atomic E-state index is 12.9. The van der Waals surface area contributed by atoms with Gasteiger partial charge in [0, 0.05) is 17.0 Å². The Morgan fingerprint density at radius 2 is 2.15 bits per heavy atom. The highest BCUT2D eigenvalue weighted by Crippen LogP contribution is 2.27. The molecule has 70 valence electrons. The van der Waals surface area contributed by atoms with Crippen LogP contribution >= 0.6 is 31.9 Å². The number of nitrogens with zero attached hydrogens (tertiary/aromatic N) is 1. The SMILES string of the molecule is O=[N+]([O-])c1cc(Br)c(F)cc1CBr. The smallest absolute Gasteiger partial charge is 0.258 e. The van der Waals surface area contributed by atoms with Crippen molar-refractivity contribution >= 4 is 37.5 Å². The van der Waals surface area contributed by atoms with Gasteiger partial charge in [-0.25, -0.2) is 4.39 Å². The van der Waals surface area contributed by atoms with Gasteiger partial charge in [-0.05, 0) is 22.0 Å². The molecule has 0 heterocycles. The van der Waals surface area contributed by atoms with Crippen molar-refractivity contribution in [2.75, 3.05) is 0 Å². The van der Waals surface area contributed by atoms with Crippen LogP contribution in [-0.2, 0) is 5.33 Å². The van der Waals surface area contributed by atoms with E-state index in [0.717, 1.165) is 12.1 Å². The van der Waals surface area contributed by atoms with Crippen molar-refractivity contribution in [2.24, 2.45) is 0 Å². The lowest BCUT2D eigenvalue weighted by molar-refractivity contribution is -0.385. The fraction of sp³-hybridized carbons (Fsp3) is 0.143. The molecule has 1 aromatic rings. The van der Waals surface area contributed by atoms with Gasteiger partial charge in [-0.1, -0.05) is 15.9 Å². The molecule has 0 radical (unpaired) electrons. The second-order valence-electron chi connectivity index (χ2n) is 2.29. The number of hydrogen-bond acceptors (Lipinski definition) is 2. The molecule has 1 aromatic carbocycles. The molecule has 0 aromatic heterocycles. The molecule has 0 unspecified atom stereocenters. The van der Waals surface area contributed by atoms with Gasteiger partial charge in [-0.15, -0.1) is 0 Å². The Hall–Kier alpha value is -0.490. The predicted molar refractivity (Wildman–Crippen MR) is 53.4 cm³/mol. The Labute approximate surface area is 90.3 Å². The van der Waals surface area contributed by atoms with E-state index in [4.69, 9.17) is 0 Å². The van der Waals surface area contributed by atoms with Gasteiger partial charge in [-0.3, -0.25) is 10.1 Å². The molecule has 0 saturated heterocycles. The number of halogens is 3. The van der Waals surface area contributed by atoms with Crippen LogP contribution in [-0.4, -0.2) is 4.92 Å². The first-order valence-electron chi connectivity index (χ1n) is 3.24. The zero-order valence-corrected chi connectivity index (χ0v) is 9.43. The highest BCUT2D eigenvalue weighted by Gasteiger charge is 2.15. The van der Waals surface area contributed by atoms with Gasteiger partial charge < -0.3 is 0 Å². The number of alkyl halides is 1. The third kappa shape index (κ3) is 2.25. The maximum absolute atomic E-state index is 12.9. The normalized spacial score (nSPS) is 10.1. The molecule has 0 bridgehead atoms. The minimum atomic E-state index is -0.541. The predicted octanol–water partition coefficient (Wildman–Crippen LogP) is 3.39. The van der Waals surface area contributed by atoms with E-state index in [1.807, 2.05) is 0 Å². The van der Waals surface area contributed by atoms with E-state index in [9.17, 15) is 14.5 Å². The summed E-state index contributed by atoms with van der Waals surface area (Å²) in [5.74, 6) is -0.500. The molecule has 0 spiro atoms. The summed E-state index contributed by atoms with van der Waals surface area (Å²) in [7, 11) is 0. The van der Waals surface area contributed by atoms with Crippen LogP contribution in [0.15, 0.2) is 16.6 Å². The lowest BCUT2D eigenvalue weighted by Crippen LogP contribution is -1.95. The first-order chi connectivity index (χ1) is 6.06. The highest BCUT2D eigenvalue weighted by molar-refractivity contribution is 9.10. The largest absolute Gasteiger partial charge is 0.274 e. The van der Waals surface area contributed by atoms with Crippen LogP contribution in [0.5, 0.6) is 0 Å². The van der Waals surface area contributed by atoms with Gasteiger partial charge in [0.2, 0.25) is 0 Å². The van der Waals surface area contributed by atoms with Crippen LogP contribution < -0.4 is 0 Å². The zero-order valence-electron chi connectivity index (χ0n) is 6.26. The molecule has 0 N–H and O–H groups in total. The third-order valence-corrected chi connectivity index (χ3v) is 2.67. The van der Waals surface area contributed by atoms with Gasteiger partial charge in [0.25, 0.3) is 5.69 Å². The molecule has 0 aliphatic heterocycles. The van der Waals surface area contributed by atoms with Crippen molar-refractivity contribution < 1.29 is 9.31 Å². The van der Waals surface area contributed by atoms with E-state index < -0.39 is 10.7 Å². The lowest BCUT2D eigenvalue weighted by atomic mass is 10.2. The van der Waals surface area contributed by atoms with Crippen molar-refractivity contribution in [1.82, 2.24) is 0 Å². The molecule has 0 fully saturated rings. The summed E-state index contributed by atoms with van der Waals surface area (Å²) in [6.07, 6.45) is 0. The second-order valence-corrected chi connectivity index (χ2v) is 3.70. The van der Waals surface area contributed by atoms with Crippen molar-refractivity contribution in [3.63, 3.8) is 0 Å². The molecule has 0 atom stereocenters. The molecule has 1 rings (SSSR count). The number of benzene rings is 1. The quantitative estimate of drug-likeness (QED) is 0.477. The van der Waals surface area contributed by atoms with Crippen LogP contribution in [0.2, 0.25) is 0 Å². The van der Waals surface area contributed by atoms with Crippen LogP contribution in [0.3, 0.4) is 0 Å². The molecular formula is C7H4Br2FNO2. The summed E-state index contributed by atoms with van der Waals surface area (Å²) in [6.45, 7) is 0. The molecule has 3 nitrogen and oxygen atoms in total. The Balaban J connectivity index is 3.33. The molecule has 0 aliphatic rings. The average molecular weight is 313 g/mol. The monoisotopic (exact) mass is 311 g/mol. The van der Waals surface area contributed by atoms with Crippen molar-refractivity contribution in [1.29, 1.82) is 0 Å². The van der Waals surface area contributed by atoms with Gasteiger partial charge in [-0.2, -0.15) is 0 Å². The minimum absolute atomic E-state index is 0.0925. The first-order valence-corrected chi connectivity index (χ1v) is 5.16. The molecular weight excluding hydrogens is 309 g/mol. The Bertz CT molecular complexity index is 357. The zero-order chi connectivity index (χ0) is 10.0. The average Bonchev–Trinajstić information content (AvgIpc) is 2.08. The topological polar surface area (TPSA) is 43.1 Å². The standard InChI is InChI=1S/C7H4Br2FNO2/c8-3-4-1-6(10)5(9)2-7(4)11(12)13/h1-2H,3H2. The maximum Gasteiger partial charge on any atom is 0.274 e. The molecule has 0 amide bonds. The second kappa shape index (κ2) is 4.15. The van der Waals surface area contributed by atoms with E-state index in [1.165, 1.54) is 0 Å². The summed E-state index contributed by atoms with van der Waals surface area (Å²) in [6, 6.07) is 2.29. The van der Waals surface area contributed by atoms with Crippen LogP contribution in [0.4, 0.5) is 10.1 Å². The number of nitro groups is 1. The van der Waals surface area contributed by atoms with Crippen LogP contribution in [0.25, 0.3) is 0 Å². The minimum Gasteiger partial charge on any atom is -0.258 e. The number of hydrogen-bond donors (Lipinski definition) is 0. The van der Waals surface area contributed by atoms with Gasteiger partial charge >= 0.3 is 0 Å². The first kappa shape index (κ1) is 10.6. The highest BCUT2D eigenvalue weighted by atomic mass is 79.9. The molecule has 0 aliphatic carbocycles. The van der Waals surface area contributed by atoms with E-state index in [1.54, 1.807) is 0 Å². The van der Waals surface area contributed by atoms with E-state index in [-0.39, 0.29) is 15.5 Å². The number of rotatable bonds is 2. The van der Waals surface area contributed by atoms with Crippen LogP contribution in [0, 0.1) is 15.9 Å². The van der Waals surface area contributed by atoms with Gasteiger partial charge in [0.1, 0.15) is 5.82 Å². The summed E-state index contributed by atoms with van der Waals surface area (Å²) in [4.78, 5) is 9.94. The van der Waals surface area contributed by atoms with Crippen LogP contribution in [0.1, 0.15) is 5.56 Å². The fourth-order valence-corrected chi connectivity index (χ4v) is 1.63. The van der Waals surface area contributed by atoms with E-state index in [2.05, 4.69) is 31.9 Å². The summed E-state index contributed by atoms with van der Waals surface area (Å²) < 4.78 is 13.0.